The minimum atomic E-state index is -0.968. The molecule has 4 heteroatoms. The highest BCUT2D eigenvalue weighted by Gasteiger charge is 2.30. The fourth-order valence-corrected chi connectivity index (χ4v) is 2.60. The van der Waals surface area contributed by atoms with E-state index in [4.69, 9.17) is 0 Å². The van der Waals surface area contributed by atoms with Gasteiger partial charge in [-0.2, -0.15) is 0 Å². The number of carbonyl (C=O) groups is 1. The van der Waals surface area contributed by atoms with Crippen LogP contribution < -0.4 is 4.90 Å². The number of pyridine rings is 1. The zero-order chi connectivity index (χ0) is 14.1. The third-order valence-corrected chi connectivity index (χ3v) is 3.66. The molecule has 104 valence electrons. The Labute approximate surface area is 118 Å². The molecule has 0 atom stereocenters. The second-order valence-corrected chi connectivity index (χ2v) is 5.28. The number of hydrogen-bond acceptors (Lipinski definition) is 3. The number of nitrogens with zero attached hydrogens (tertiary/aromatic N) is 2. The van der Waals surface area contributed by atoms with Gasteiger partial charge in [0.05, 0.1) is 0 Å². The monoisotopic (exact) mass is 270 g/mol. The number of fused-ring (bicyclic) bond motifs is 1. The second-order valence-electron chi connectivity index (χ2n) is 5.28. The number of carboxylic acids is 1. The Hall–Kier alpha value is -2.10. The van der Waals surface area contributed by atoms with Crippen LogP contribution in [0.2, 0.25) is 0 Å². The Bertz CT molecular complexity index is 650. The average Bonchev–Trinajstić information content (AvgIpc) is 3.28. The summed E-state index contributed by atoms with van der Waals surface area (Å²) in [4.78, 5) is 18.0. The van der Waals surface area contributed by atoms with E-state index in [9.17, 15) is 9.90 Å². The van der Waals surface area contributed by atoms with Crippen molar-refractivity contribution in [1.82, 2.24) is 4.98 Å². The molecule has 0 spiro atoms. The summed E-state index contributed by atoms with van der Waals surface area (Å²) in [5.74, 6) is -0.144. The van der Waals surface area contributed by atoms with Gasteiger partial charge in [-0.3, -0.25) is 0 Å². The molecule has 3 rings (SSSR count). The number of carboxylic acid groups (broad SMARTS) is 1. The molecule has 1 N–H and O–H groups in total. The Morgan fingerprint density at radius 1 is 1.40 bits per heavy atom. The van der Waals surface area contributed by atoms with Gasteiger partial charge in [-0.1, -0.05) is 31.2 Å². The van der Waals surface area contributed by atoms with Crippen LogP contribution in [0.4, 0.5) is 5.82 Å². The maximum absolute atomic E-state index is 11.3. The van der Waals surface area contributed by atoms with Gasteiger partial charge in [0, 0.05) is 18.0 Å². The Kier molecular flexibility index (Phi) is 3.30. The quantitative estimate of drug-likeness (QED) is 0.905. The maximum Gasteiger partial charge on any atom is 0.354 e. The molecule has 2 aromatic rings. The third-order valence-electron chi connectivity index (χ3n) is 3.66. The zero-order valence-electron chi connectivity index (χ0n) is 11.5. The number of benzene rings is 1. The molecule has 1 saturated carbocycles. The lowest BCUT2D eigenvalue weighted by atomic mass is 10.1. The molecule has 20 heavy (non-hydrogen) atoms. The molecule has 0 aliphatic heterocycles. The Balaban J connectivity index is 2.17. The van der Waals surface area contributed by atoms with Crippen molar-refractivity contribution >= 4 is 22.6 Å². The van der Waals surface area contributed by atoms with Crippen molar-refractivity contribution in [3.05, 3.63) is 36.0 Å². The molecule has 1 heterocycles. The van der Waals surface area contributed by atoms with Crippen molar-refractivity contribution in [1.29, 1.82) is 0 Å². The van der Waals surface area contributed by atoms with E-state index in [0.29, 0.717) is 6.04 Å². The zero-order valence-corrected chi connectivity index (χ0v) is 11.5. The summed E-state index contributed by atoms with van der Waals surface area (Å²) in [6.07, 6.45) is 3.38. The SMILES string of the molecule is CCCN(c1nc(C(=O)O)cc2ccccc12)C1CC1. The standard InChI is InChI=1S/C16H18N2O2/c1-2-9-18(12-7-8-12)15-13-6-4-3-5-11(13)10-14(17-15)16(19)20/h3-6,10,12H,2,7-9H2,1H3,(H,19,20). The lowest BCUT2D eigenvalue weighted by molar-refractivity contribution is 0.0691. The topological polar surface area (TPSA) is 53.4 Å². The first kappa shape index (κ1) is 12.9. The minimum Gasteiger partial charge on any atom is -0.477 e. The smallest absolute Gasteiger partial charge is 0.354 e. The molecule has 0 unspecified atom stereocenters. The van der Waals surface area contributed by atoms with Gasteiger partial charge in [-0.05, 0) is 30.7 Å². The predicted octanol–water partition coefficient (Wildman–Crippen LogP) is 3.31. The highest BCUT2D eigenvalue weighted by molar-refractivity contribution is 5.98. The molecule has 1 aliphatic carbocycles. The van der Waals surface area contributed by atoms with E-state index in [1.54, 1.807) is 6.07 Å². The summed E-state index contributed by atoms with van der Waals surface area (Å²) >= 11 is 0. The van der Waals surface area contributed by atoms with Gasteiger partial charge in [-0.15, -0.1) is 0 Å². The van der Waals surface area contributed by atoms with Crippen LogP contribution >= 0.6 is 0 Å². The molecule has 4 nitrogen and oxygen atoms in total. The van der Waals surface area contributed by atoms with Crippen LogP contribution in [0, 0.1) is 0 Å². The first-order valence-corrected chi connectivity index (χ1v) is 7.10. The highest BCUT2D eigenvalue weighted by Crippen LogP contribution is 2.35. The van der Waals surface area contributed by atoms with Crippen LogP contribution in [0.15, 0.2) is 30.3 Å². The van der Waals surface area contributed by atoms with Crippen LogP contribution in [-0.2, 0) is 0 Å². The van der Waals surface area contributed by atoms with Gasteiger partial charge in [0.25, 0.3) is 0 Å². The summed E-state index contributed by atoms with van der Waals surface area (Å²) in [5.41, 5.74) is 0.125. The van der Waals surface area contributed by atoms with Crippen molar-refractivity contribution in [3.63, 3.8) is 0 Å². The van der Waals surface area contributed by atoms with Gasteiger partial charge < -0.3 is 10.0 Å². The van der Waals surface area contributed by atoms with E-state index < -0.39 is 5.97 Å². The molecule has 0 bridgehead atoms. The number of aromatic nitrogens is 1. The molecule has 0 amide bonds. The number of aromatic carboxylic acids is 1. The van der Waals surface area contributed by atoms with E-state index in [-0.39, 0.29) is 5.69 Å². The van der Waals surface area contributed by atoms with Crippen LogP contribution in [-0.4, -0.2) is 28.6 Å². The number of anilines is 1. The summed E-state index contributed by atoms with van der Waals surface area (Å²) < 4.78 is 0. The van der Waals surface area contributed by atoms with Crippen molar-refractivity contribution in [2.45, 2.75) is 32.2 Å². The normalized spacial score (nSPS) is 14.4. The van der Waals surface area contributed by atoms with Gasteiger partial charge in [0.1, 0.15) is 5.82 Å². The van der Waals surface area contributed by atoms with Gasteiger partial charge in [-0.25, -0.2) is 9.78 Å². The first-order chi connectivity index (χ1) is 9.70. The Morgan fingerprint density at radius 2 is 2.15 bits per heavy atom. The van der Waals surface area contributed by atoms with Crippen molar-refractivity contribution in [3.8, 4) is 0 Å². The molecule has 1 aliphatic rings. The van der Waals surface area contributed by atoms with E-state index in [1.807, 2.05) is 24.3 Å². The van der Waals surface area contributed by atoms with E-state index in [1.165, 1.54) is 12.8 Å². The summed E-state index contributed by atoms with van der Waals surface area (Å²) in [6, 6.07) is 10.1. The van der Waals surface area contributed by atoms with E-state index in [0.717, 1.165) is 29.6 Å². The predicted molar refractivity (Wildman–Crippen MR) is 79.4 cm³/mol. The maximum atomic E-state index is 11.3. The number of hydrogen-bond donors (Lipinski definition) is 1. The van der Waals surface area contributed by atoms with E-state index in [2.05, 4.69) is 16.8 Å². The van der Waals surface area contributed by atoms with Crippen LogP contribution in [0.25, 0.3) is 10.8 Å². The van der Waals surface area contributed by atoms with Crippen LogP contribution in [0.5, 0.6) is 0 Å². The van der Waals surface area contributed by atoms with Crippen molar-refractivity contribution in [2.24, 2.45) is 0 Å². The molecular weight excluding hydrogens is 252 g/mol. The lowest BCUT2D eigenvalue weighted by Gasteiger charge is -2.24. The van der Waals surface area contributed by atoms with Gasteiger partial charge in [0.2, 0.25) is 0 Å². The van der Waals surface area contributed by atoms with Gasteiger partial charge >= 0.3 is 5.97 Å². The minimum absolute atomic E-state index is 0.125. The first-order valence-electron chi connectivity index (χ1n) is 7.10. The summed E-state index contributed by atoms with van der Waals surface area (Å²) in [5, 5.41) is 11.2. The molecule has 1 aromatic carbocycles. The molecule has 0 radical (unpaired) electrons. The van der Waals surface area contributed by atoms with E-state index >= 15 is 0 Å². The fourth-order valence-electron chi connectivity index (χ4n) is 2.60. The third kappa shape index (κ3) is 2.33. The molecule has 0 saturated heterocycles. The highest BCUT2D eigenvalue weighted by atomic mass is 16.4. The van der Waals surface area contributed by atoms with Crippen LogP contribution in [0.3, 0.4) is 0 Å². The van der Waals surface area contributed by atoms with Gasteiger partial charge in [0.15, 0.2) is 5.69 Å². The molecule has 1 fully saturated rings. The van der Waals surface area contributed by atoms with Crippen molar-refractivity contribution in [2.75, 3.05) is 11.4 Å². The molecule has 1 aromatic heterocycles. The fraction of sp³-hybridized carbons (Fsp3) is 0.375. The van der Waals surface area contributed by atoms with Crippen molar-refractivity contribution < 1.29 is 9.90 Å². The lowest BCUT2D eigenvalue weighted by Crippen LogP contribution is -2.28. The molecular formula is C16H18N2O2. The number of rotatable bonds is 5. The average molecular weight is 270 g/mol. The second kappa shape index (κ2) is 5.12. The summed E-state index contributed by atoms with van der Waals surface area (Å²) in [6.45, 7) is 3.06. The Morgan fingerprint density at radius 3 is 2.80 bits per heavy atom. The largest absolute Gasteiger partial charge is 0.477 e. The summed E-state index contributed by atoms with van der Waals surface area (Å²) in [7, 11) is 0. The van der Waals surface area contributed by atoms with Crippen LogP contribution in [0.1, 0.15) is 36.7 Å².